The summed E-state index contributed by atoms with van der Waals surface area (Å²) >= 11 is 0. The van der Waals surface area contributed by atoms with E-state index in [0.717, 1.165) is 5.69 Å². The third-order valence-corrected chi connectivity index (χ3v) is 6.22. The molecule has 0 bridgehead atoms. The fourth-order valence-electron chi connectivity index (χ4n) is 4.62. The molecule has 0 saturated carbocycles. The number of piperidine rings is 1. The van der Waals surface area contributed by atoms with Crippen molar-refractivity contribution in [3.63, 3.8) is 0 Å². The maximum absolute atomic E-state index is 14.3. The van der Waals surface area contributed by atoms with Gasteiger partial charge in [-0.15, -0.1) is 0 Å². The highest BCUT2D eigenvalue weighted by atomic mass is 19.1. The monoisotopic (exact) mass is 480 g/mol. The van der Waals surface area contributed by atoms with Crippen molar-refractivity contribution in [3.8, 4) is 0 Å². The first-order valence-corrected chi connectivity index (χ1v) is 11.8. The van der Waals surface area contributed by atoms with Crippen molar-refractivity contribution in [3.05, 3.63) is 64.5 Å². The second-order valence-electron chi connectivity index (χ2n) is 9.91. The van der Waals surface area contributed by atoms with E-state index in [1.54, 1.807) is 27.8 Å². The molecule has 1 aromatic carbocycles. The molecule has 1 atom stereocenters. The number of carbonyl (C=O) groups excluding carboxylic acids is 1. The van der Waals surface area contributed by atoms with Gasteiger partial charge in [-0.25, -0.2) is 13.7 Å². The van der Waals surface area contributed by atoms with Gasteiger partial charge in [0, 0.05) is 30.8 Å². The molecule has 3 N–H and O–H groups in total. The Bertz CT molecular complexity index is 1390. The minimum atomic E-state index is -0.715. The lowest BCUT2D eigenvalue weighted by atomic mass is 9.93. The Morgan fingerprint density at radius 1 is 1.26 bits per heavy atom. The molecule has 0 aliphatic carbocycles. The van der Waals surface area contributed by atoms with Gasteiger partial charge in [-0.3, -0.25) is 4.79 Å². The molecule has 10 heteroatoms. The van der Waals surface area contributed by atoms with Crippen molar-refractivity contribution >= 4 is 28.3 Å². The number of benzene rings is 1. The zero-order valence-corrected chi connectivity index (χ0v) is 20.0. The zero-order valence-electron chi connectivity index (χ0n) is 20.0. The molecule has 2 aliphatic heterocycles. The maximum Gasteiger partial charge on any atom is 0.410 e. The molecule has 184 valence electrons. The summed E-state index contributed by atoms with van der Waals surface area (Å²) in [6.45, 7) is 6.62. The number of fused-ring (bicyclic) bond motifs is 3. The van der Waals surface area contributed by atoms with Crippen molar-refractivity contribution < 1.29 is 13.9 Å². The van der Waals surface area contributed by atoms with Crippen LogP contribution >= 0.6 is 0 Å². The summed E-state index contributed by atoms with van der Waals surface area (Å²) in [5, 5.41) is 11.6. The van der Waals surface area contributed by atoms with Crippen LogP contribution in [0.2, 0.25) is 0 Å². The van der Waals surface area contributed by atoms with E-state index in [0.29, 0.717) is 48.2 Å². The van der Waals surface area contributed by atoms with Gasteiger partial charge in [0.15, 0.2) is 0 Å². The summed E-state index contributed by atoms with van der Waals surface area (Å²) in [7, 11) is 0. The van der Waals surface area contributed by atoms with Gasteiger partial charge in [-0.05, 0) is 64.1 Å². The van der Waals surface area contributed by atoms with Crippen LogP contribution in [0.5, 0.6) is 0 Å². The van der Waals surface area contributed by atoms with E-state index in [1.165, 1.54) is 6.08 Å². The van der Waals surface area contributed by atoms with Gasteiger partial charge < -0.3 is 25.3 Å². The van der Waals surface area contributed by atoms with E-state index >= 15 is 0 Å². The first kappa shape index (κ1) is 22.9. The summed E-state index contributed by atoms with van der Waals surface area (Å²) in [5.74, 6) is -0.290. The van der Waals surface area contributed by atoms with Crippen LogP contribution in [0.4, 0.5) is 14.9 Å². The van der Waals surface area contributed by atoms with Crippen LogP contribution in [0.15, 0.2) is 53.2 Å². The van der Waals surface area contributed by atoms with E-state index in [4.69, 9.17) is 9.84 Å². The normalized spacial score (nSPS) is 19.0. The van der Waals surface area contributed by atoms with Crippen molar-refractivity contribution in [1.82, 2.24) is 24.8 Å². The molecule has 1 saturated heterocycles. The molecule has 35 heavy (non-hydrogen) atoms. The molecule has 1 fully saturated rings. The lowest BCUT2D eigenvalue weighted by Crippen LogP contribution is -2.41. The van der Waals surface area contributed by atoms with E-state index in [-0.39, 0.29) is 23.4 Å². The molecule has 4 heterocycles. The number of likely N-dealkylation sites (tertiary alicyclic amines) is 1. The first-order valence-electron chi connectivity index (χ1n) is 11.8. The fraction of sp³-hybridized carbons (Fsp3) is 0.400. The minimum Gasteiger partial charge on any atom is -0.444 e. The topological polar surface area (TPSA) is 104 Å². The van der Waals surface area contributed by atoms with Crippen LogP contribution in [-0.2, 0) is 4.74 Å². The van der Waals surface area contributed by atoms with Crippen molar-refractivity contribution in [2.75, 3.05) is 18.4 Å². The van der Waals surface area contributed by atoms with Crippen LogP contribution in [0.1, 0.15) is 45.2 Å². The smallest absolute Gasteiger partial charge is 0.410 e. The van der Waals surface area contributed by atoms with Gasteiger partial charge in [0.2, 0.25) is 0 Å². The average Bonchev–Trinajstić information content (AvgIpc) is 3.18. The number of rotatable bonds is 3. The summed E-state index contributed by atoms with van der Waals surface area (Å²) in [6, 6.07) is 7.12. The Morgan fingerprint density at radius 3 is 2.74 bits per heavy atom. The molecule has 5 rings (SSSR count). The quantitative estimate of drug-likeness (QED) is 0.524. The number of halogens is 1. The summed E-state index contributed by atoms with van der Waals surface area (Å²) < 4.78 is 21.6. The highest BCUT2D eigenvalue weighted by Gasteiger charge is 2.29. The number of hydrogen-bond donors (Lipinski definition) is 3. The lowest BCUT2D eigenvalue weighted by molar-refractivity contribution is 0.0203. The molecule has 2 aliphatic rings. The summed E-state index contributed by atoms with van der Waals surface area (Å²) in [6.07, 6.45) is 5.00. The number of amides is 1. The van der Waals surface area contributed by atoms with Crippen molar-refractivity contribution in [1.29, 1.82) is 0 Å². The number of nitrogens with zero attached hydrogens (tertiary/aromatic N) is 3. The number of H-pyrrole nitrogens is 1. The molecule has 1 unspecified atom stereocenters. The first-order chi connectivity index (χ1) is 16.7. The second-order valence-corrected chi connectivity index (χ2v) is 9.91. The predicted molar refractivity (Wildman–Crippen MR) is 132 cm³/mol. The zero-order chi connectivity index (χ0) is 24.7. The number of carbonyl (C=O) groups is 1. The average molecular weight is 481 g/mol. The standard InChI is InChI=1S/C25H29FN6O3/c1-25(2,3)35-24(34)31-12-9-15(10-13-31)19-14-20(33)29-23-21-17(7-4-8-18(21)30-32(19)23)28-22-16(26)6-5-11-27-22/h4-8,11,14-15,22,27-28H,9-10,12-13H2,1-3H3,(H,29,33). The number of allylic oxidation sites excluding steroid dienone is 2. The molecule has 0 spiro atoms. The number of hydrogen-bond acceptors (Lipinski definition) is 6. The molecule has 3 aromatic rings. The highest BCUT2D eigenvalue weighted by Crippen LogP contribution is 2.32. The van der Waals surface area contributed by atoms with E-state index < -0.39 is 11.8 Å². The van der Waals surface area contributed by atoms with Gasteiger partial charge in [-0.1, -0.05) is 6.07 Å². The molecule has 0 radical (unpaired) electrons. The van der Waals surface area contributed by atoms with Gasteiger partial charge in [0.1, 0.15) is 23.2 Å². The minimum absolute atomic E-state index is 0.0507. The largest absolute Gasteiger partial charge is 0.444 e. The third-order valence-electron chi connectivity index (χ3n) is 6.22. The number of aromatic nitrogens is 3. The van der Waals surface area contributed by atoms with Crippen molar-refractivity contribution in [2.45, 2.75) is 51.3 Å². The molecule has 1 amide bonds. The van der Waals surface area contributed by atoms with E-state index in [2.05, 4.69) is 15.6 Å². The number of dihydropyridines is 1. The number of anilines is 1. The molecular weight excluding hydrogens is 451 g/mol. The SMILES string of the molecule is CC(C)(C)OC(=O)N1CCC(c2cc(=O)[nH]c3c4c(NC5NC=CC=C5F)cccc4nn23)CC1. The molecular formula is C25H29FN6O3. The Morgan fingerprint density at radius 2 is 2.03 bits per heavy atom. The fourth-order valence-corrected chi connectivity index (χ4v) is 4.62. The van der Waals surface area contributed by atoms with E-state index in [1.807, 2.05) is 39.0 Å². The summed E-state index contributed by atoms with van der Waals surface area (Å²) in [4.78, 5) is 29.7. The third kappa shape index (κ3) is 4.60. The van der Waals surface area contributed by atoms with Crippen LogP contribution < -0.4 is 16.2 Å². The van der Waals surface area contributed by atoms with E-state index in [9.17, 15) is 14.0 Å². The molecule has 2 aromatic heterocycles. The van der Waals surface area contributed by atoms with Crippen LogP contribution in [-0.4, -0.2) is 50.4 Å². The number of aromatic amines is 1. The van der Waals surface area contributed by atoms with Crippen LogP contribution in [0, 0.1) is 0 Å². The Kier molecular flexibility index (Phi) is 5.74. The Labute approximate surface area is 201 Å². The lowest BCUT2D eigenvalue weighted by Gasteiger charge is -2.33. The van der Waals surface area contributed by atoms with Gasteiger partial charge in [0.25, 0.3) is 5.56 Å². The van der Waals surface area contributed by atoms with Gasteiger partial charge >= 0.3 is 6.09 Å². The predicted octanol–water partition coefficient (Wildman–Crippen LogP) is 4.00. The molecule has 9 nitrogen and oxygen atoms in total. The second kappa shape index (κ2) is 8.75. The number of ether oxygens (including phenoxy) is 1. The Balaban J connectivity index is 1.46. The number of nitrogens with one attached hydrogen (secondary N) is 3. The Hall–Kier alpha value is -3.82. The summed E-state index contributed by atoms with van der Waals surface area (Å²) in [5.41, 5.74) is 1.90. The van der Waals surface area contributed by atoms with Crippen molar-refractivity contribution in [2.24, 2.45) is 0 Å². The van der Waals surface area contributed by atoms with Crippen LogP contribution in [0.25, 0.3) is 16.6 Å². The van der Waals surface area contributed by atoms with Gasteiger partial charge in [0.05, 0.1) is 16.6 Å². The maximum atomic E-state index is 14.3. The highest BCUT2D eigenvalue weighted by molar-refractivity contribution is 6.02. The van der Waals surface area contributed by atoms with Gasteiger partial charge in [-0.2, -0.15) is 5.10 Å². The van der Waals surface area contributed by atoms with Crippen LogP contribution in [0.3, 0.4) is 0 Å².